The van der Waals surface area contributed by atoms with Crippen LogP contribution < -0.4 is 5.73 Å². The molecule has 1 saturated heterocycles. The first kappa shape index (κ1) is 8.90. The quantitative estimate of drug-likeness (QED) is 0.566. The highest BCUT2D eigenvalue weighted by Crippen LogP contribution is 2.19. The van der Waals surface area contributed by atoms with E-state index in [2.05, 4.69) is 4.90 Å². The first-order chi connectivity index (χ1) is 4.99. The van der Waals surface area contributed by atoms with Gasteiger partial charge in [0, 0.05) is 19.6 Å². The molecule has 1 aliphatic heterocycles. The first-order valence-corrected chi connectivity index (χ1v) is 4.13. The Kier molecular flexibility index (Phi) is 2.47. The Labute approximate surface area is 72.2 Å². The molecule has 0 aliphatic carbocycles. The molecule has 0 saturated carbocycles. The number of nitrogens with two attached hydrogens (primary N) is 1. The van der Waals surface area contributed by atoms with Gasteiger partial charge in [-0.1, -0.05) is 12.2 Å². The third-order valence-electron chi connectivity index (χ3n) is 1.91. The molecule has 3 N–H and O–H groups in total. The molecule has 11 heavy (non-hydrogen) atoms. The number of β-amino-alcohol motifs (C(OH)–C–C–N with tert-alkyl or cyclic N) is 1. The Bertz CT molecular complexity index is 170. The van der Waals surface area contributed by atoms with E-state index in [0.717, 1.165) is 13.0 Å². The summed E-state index contributed by atoms with van der Waals surface area (Å²) in [7, 11) is 0. The predicted molar refractivity (Wildman–Crippen MR) is 48.5 cm³/mol. The van der Waals surface area contributed by atoms with E-state index in [0.29, 0.717) is 18.1 Å². The number of hydrogen-bond acceptors (Lipinski definition) is 3. The maximum atomic E-state index is 9.55. The molecule has 1 unspecified atom stereocenters. The standard InChI is InChI=1S/C7H14N2OS/c1-7(10)2-3-9(5-7)4-6(8)11/h10H,2-5H2,1H3,(H2,8,11). The molecule has 0 spiro atoms. The second-order valence-electron chi connectivity index (χ2n) is 3.42. The van der Waals surface area contributed by atoms with Crippen molar-refractivity contribution in [3.63, 3.8) is 0 Å². The summed E-state index contributed by atoms with van der Waals surface area (Å²) >= 11 is 4.76. The molecule has 0 amide bonds. The maximum Gasteiger partial charge on any atom is 0.0870 e. The molecule has 0 aromatic heterocycles. The molecular formula is C7H14N2OS. The second kappa shape index (κ2) is 3.05. The normalized spacial score (nSPS) is 32.5. The van der Waals surface area contributed by atoms with Crippen LogP contribution in [-0.2, 0) is 0 Å². The molecule has 1 heterocycles. The van der Waals surface area contributed by atoms with Crippen molar-refractivity contribution in [2.75, 3.05) is 19.6 Å². The molecule has 1 fully saturated rings. The minimum Gasteiger partial charge on any atom is -0.392 e. The number of hydrogen-bond donors (Lipinski definition) is 2. The van der Waals surface area contributed by atoms with Crippen molar-refractivity contribution in [2.45, 2.75) is 18.9 Å². The zero-order valence-electron chi connectivity index (χ0n) is 6.71. The minimum atomic E-state index is -0.537. The van der Waals surface area contributed by atoms with E-state index < -0.39 is 5.60 Å². The van der Waals surface area contributed by atoms with E-state index in [9.17, 15) is 5.11 Å². The Balaban J connectivity index is 2.36. The van der Waals surface area contributed by atoms with E-state index in [1.54, 1.807) is 0 Å². The Hall–Kier alpha value is -0.190. The predicted octanol–water partition coefficient (Wildman–Crippen LogP) is -0.271. The van der Waals surface area contributed by atoms with Crippen molar-refractivity contribution in [2.24, 2.45) is 5.73 Å². The smallest absolute Gasteiger partial charge is 0.0870 e. The van der Waals surface area contributed by atoms with E-state index in [4.69, 9.17) is 18.0 Å². The van der Waals surface area contributed by atoms with E-state index in [1.165, 1.54) is 0 Å². The molecule has 1 aliphatic rings. The Morgan fingerprint density at radius 3 is 2.82 bits per heavy atom. The van der Waals surface area contributed by atoms with Crippen LogP contribution in [-0.4, -0.2) is 40.2 Å². The zero-order valence-corrected chi connectivity index (χ0v) is 7.52. The topological polar surface area (TPSA) is 49.5 Å². The third kappa shape index (κ3) is 2.73. The number of thiocarbonyl (C=S) groups is 1. The Morgan fingerprint density at radius 1 is 1.82 bits per heavy atom. The number of aliphatic hydroxyl groups is 1. The lowest BCUT2D eigenvalue weighted by atomic mass is 10.1. The fourth-order valence-corrected chi connectivity index (χ4v) is 1.58. The van der Waals surface area contributed by atoms with Crippen molar-refractivity contribution in [3.05, 3.63) is 0 Å². The van der Waals surface area contributed by atoms with E-state index in [-0.39, 0.29) is 0 Å². The second-order valence-corrected chi connectivity index (χ2v) is 3.95. The van der Waals surface area contributed by atoms with Crippen molar-refractivity contribution in [3.8, 4) is 0 Å². The van der Waals surface area contributed by atoms with Crippen molar-refractivity contribution in [1.29, 1.82) is 0 Å². The van der Waals surface area contributed by atoms with Crippen LogP contribution in [0.25, 0.3) is 0 Å². The van der Waals surface area contributed by atoms with Crippen LogP contribution in [0.4, 0.5) is 0 Å². The fourth-order valence-electron chi connectivity index (χ4n) is 1.39. The van der Waals surface area contributed by atoms with Crippen LogP contribution >= 0.6 is 12.2 Å². The van der Waals surface area contributed by atoms with Gasteiger partial charge in [-0.3, -0.25) is 4.90 Å². The highest BCUT2D eigenvalue weighted by molar-refractivity contribution is 7.80. The molecule has 0 aromatic carbocycles. The summed E-state index contributed by atoms with van der Waals surface area (Å²) in [5.74, 6) is 0. The van der Waals surface area contributed by atoms with Crippen LogP contribution in [0.5, 0.6) is 0 Å². The monoisotopic (exact) mass is 174 g/mol. The van der Waals surface area contributed by atoms with Gasteiger partial charge in [0.2, 0.25) is 0 Å². The highest BCUT2D eigenvalue weighted by Gasteiger charge is 2.30. The van der Waals surface area contributed by atoms with Gasteiger partial charge >= 0.3 is 0 Å². The largest absolute Gasteiger partial charge is 0.392 e. The van der Waals surface area contributed by atoms with Crippen molar-refractivity contribution < 1.29 is 5.11 Å². The van der Waals surface area contributed by atoms with Crippen LogP contribution in [0, 0.1) is 0 Å². The molecule has 4 heteroatoms. The summed E-state index contributed by atoms with van der Waals surface area (Å²) in [6.07, 6.45) is 0.815. The Morgan fingerprint density at radius 2 is 2.45 bits per heavy atom. The number of nitrogens with zero attached hydrogens (tertiary/aromatic N) is 1. The van der Waals surface area contributed by atoms with Crippen molar-refractivity contribution in [1.82, 2.24) is 4.90 Å². The summed E-state index contributed by atoms with van der Waals surface area (Å²) in [6, 6.07) is 0. The molecule has 64 valence electrons. The van der Waals surface area contributed by atoms with Crippen LogP contribution in [0.2, 0.25) is 0 Å². The molecular weight excluding hydrogens is 160 g/mol. The van der Waals surface area contributed by atoms with Crippen LogP contribution in [0.15, 0.2) is 0 Å². The van der Waals surface area contributed by atoms with E-state index >= 15 is 0 Å². The number of rotatable bonds is 2. The zero-order chi connectivity index (χ0) is 8.48. The fraction of sp³-hybridized carbons (Fsp3) is 0.857. The molecule has 0 bridgehead atoms. The summed E-state index contributed by atoms with van der Waals surface area (Å²) in [5, 5.41) is 9.55. The van der Waals surface area contributed by atoms with Gasteiger partial charge in [0.15, 0.2) is 0 Å². The number of likely N-dealkylation sites (tertiary alicyclic amines) is 1. The molecule has 1 atom stereocenters. The summed E-state index contributed by atoms with van der Waals surface area (Å²) in [4.78, 5) is 2.57. The third-order valence-corrected chi connectivity index (χ3v) is 2.04. The van der Waals surface area contributed by atoms with Crippen LogP contribution in [0.3, 0.4) is 0 Å². The van der Waals surface area contributed by atoms with Gasteiger partial charge in [-0.15, -0.1) is 0 Å². The first-order valence-electron chi connectivity index (χ1n) is 3.73. The van der Waals surface area contributed by atoms with Gasteiger partial charge in [0.1, 0.15) is 0 Å². The van der Waals surface area contributed by atoms with Gasteiger partial charge < -0.3 is 10.8 Å². The minimum absolute atomic E-state index is 0.503. The van der Waals surface area contributed by atoms with Gasteiger partial charge in [-0.05, 0) is 13.3 Å². The maximum absolute atomic E-state index is 9.55. The average molecular weight is 174 g/mol. The molecule has 1 rings (SSSR count). The van der Waals surface area contributed by atoms with Gasteiger partial charge in [0.05, 0.1) is 10.6 Å². The summed E-state index contributed by atoms with van der Waals surface area (Å²) in [5.41, 5.74) is 4.83. The highest BCUT2D eigenvalue weighted by atomic mass is 32.1. The van der Waals surface area contributed by atoms with Gasteiger partial charge in [-0.25, -0.2) is 0 Å². The molecule has 3 nitrogen and oxygen atoms in total. The average Bonchev–Trinajstić information content (AvgIpc) is 2.08. The SMILES string of the molecule is CC1(O)CCN(CC(N)=S)C1. The lowest BCUT2D eigenvalue weighted by Gasteiger charge is -2.17. The molecule has 0 radical (unpaired) electrons. The summed E-state index contributed by atoms with van der Waals surface area (Å²) in [6.45, 7) is 4.05. The van der Waals surface area contributed by atoms with Crippen molar-refractivity contribution >= 4 is 17.2 Å². The molecule has 0 aromatic rings. The lowest BCUT2D eigenvalue weighted by Crippen LogP contribution is -2.34. The lowest BCUT2D eigenvalue weighted by molar-refractivity contribution is 0.0707. The van der Waals surface area contributed by atoms with Gasteiger partial charge in [-0.2, -0.15) is 0 Å². The summed E-state index contributed by atoms with van der Waals surface area (Å²) < 4.78 is 0. The van der Waals surface area contributed by atoms with E-state index in [1.807, 2.05) is 6.92 Å². The van der Waals surface area contributed by atoms with Gasteiger partial charge in [0.25, 0.3) is 0 Å². The van der Waals surface area contributed by atoms with Crippen LogP contribution in [0.1, 0.15) is 13.3 Å².